The fourth-order valence-corrected chi connectivity index (χ4v) is 11.3. The van der Waals surface area contributed by atoms with Gasteiger partial charge in [0.15, 0.2) is 0 Å². The van der Waals surface area contributed by atoms with Crippen LogP contribution in [0.3, 0.4) is 0 Å². The van der Waals surface area contributed by atoms with E-state index >= 15 is 4.79 Å². The largest absolute Gasteiger partial charge is 0.343 e. The third-order valence-electron chi connectivity index (χ3n) is 16.4. The van der Waals surface area contributed by atoms with Crippen LogP contribution in [0.15, 0.2) is 54.6 Å². The Hall–Kier alpha value is -7.47. The molecule has 5 rings (SSSR count). The Morgan fingerprint density at radius 1 is 0.483 bits per heavy atom. The van der Waals surface area contributed by atoms with Crippen molar-refractivity contribution < 1.29 is 52.7 Å². The summed E-state index contributed by atoms with van der Waals surface area (Å²) in [6.45, 7) is 20.2. The lowest BCUT2D eigenvalue weighted by atomic mass is 9.95. The van der Waals surface area contributed by atoms with Crippen LogP contribution in [-0.2, 0) is 65.6 Å². The van der Waals surface area contributed by atoms with Crippen LogP contribution in [0.4, 0.5) is 5.69 Å². The normalized spacial score (nSPS) is 25.5. The first kappa shape index (κ1) is 72.3. The van der Waals surface area contributed by atoms with Gasteiger partial charge in [0.1, 0.15) is 60.4 Å². The van der Waals surface area contributed by atoms with Crippen LogP contribution >= 0.6 is 0 Å². The van der Waals surface area contributed by atoms with Gasteiger partial charge in [-0.25, -0.2) is 0 Å². The second kappa shape index (κ2) is 33.9. The molecule has 24 nitrogen and oxygen atoms in total. The Kier molecular flexibility index (Phi) is 27.6. The molecule has 11 amide bonds. The SMILES string of the molecule is CC(C)C[C@@H]1NC(=O)[C@H](CCCN)NC(=O)[C@H](C(C)C)NC(=O)[C@@H]2CCCN2C(=O)[C@H](Cc2ccccc2)NC(=O)[C@H](CC(C)C)NC(=O)[C@H](CCCN)NC(=O)[C@H](C(C)C)NC(=O)[C@@H]2CCCN2C(=O)[C@H](Cc2ccc(NC(=O)C(C)(C)C)cc2)NC1=O. The molecular weight excluding hydrogens is 1140 g/mol. The number of hydrogen-bond acceptors (Lipinski definition) is 13. The number of rotatable bonds is 17. The number of anilines is 1. The fraction of sp³-hybridized carbons (Fsp3) is 0.646. The Balaban J connectivity index is 1.60. The fourth-order valence-electron chi connectivity index (χ4n) is 11.3. The average Bonchev–Trinajstić information content (AvgIpc) is 2.34. The number of hydrogen-bond donors (Lipinski definition) is 11. The lowest BCUT2D eigenvalue weighted by Crippen LogP contribution is -2.62. The molecule has 3 aliphatic heterocycles. The smallest absolute Gasteiger partial charge is 0.246 e. The summed E-state index contributed by atoms with van der Waals surface area (Å²) in [6, 6.07) is 3.60. The first-order valence-electron chi connectivity index (χ1n) is 31.9. The summed E-state index contributed by atoms with van der Waals surface area (Å²) < 4.78 is 0. The van der Waals surface area contributed by atoms with Crippen LogP contribution < -0.4 is 59.3 Å². The number of nitrogens with zero attached hydrogens (tertiary/aromatic N) is 2. The highest BCUT2D eigenvalue weighted by molar-refractivity contribution is 6.00. The number of carbonyl (C=O) groups excluding carboxylic acids is 11. The summed E-state index contributed by atoms with van der Waals surface area (Å²) in [5.74, 6) is -8.39. The maximum absolute atomic E-state index is 15.2. The van der Waals surface area contributed by atoms with E-state index in [1.54, 1.807) is 97.0 Å². The minimum absolute atomic E-state index is 0.0158. The first-order chi connectivity index (χ1) is 42.0. The molecule has 0 unspecified atom stereocenters. The molecule has 2 aromatic rings. The summed E-state index contributed by atoms with van der Waals surface area (Å²) in [6.07, 6.45) is 2.05. The number of benzene rings is 2. The summed E-state index contributed by atoms with van der Waals surface area (Å²) >= 11 is 0. The summed E-state index contributed by atoms with van der Waals surface area (Å²) in [4.78, 5) is 163. The van der Waals surface area contributed by atoms with E-state index in [4.69, 9.17) is 11.5 Å². The Morgan fingerprint density at radius 3 is 1.20 bits per heavy atom. The van der Waals surface area contributed by atoms with Gasteiger partial charge in [-0.05, 0) is 124 Å². The molecule has 3 aliphatic rings. The third-order valence-corrected chi connectivity index (χ3v) is 16.4. The molecule has 3 heterocycles. The van der Waals surface area contributed by atoms with Crippen LogP contribution in [0, 0.1) is 29.1 Å². The number of nitrogens with two attached hydrogens (primary N) is 2. The number of nitrogens with one attached hydrogen (secondary N) is 9. The van der Waals surface area contributed by atoms with Crippen molar-refractivity contribution in [2.24, 2.45) is 40.6 Å². The lowest BCUT2D eigenvalue weighted by Gasteiger charge is -2.33. The van der Waals surface area contributed by atoms with Crippen LogP contribution in [0.25, 0.3) is 0 Å². The maximum Gasteiger partial charge on any atom is 0.246 e. The van der Waals surface area contributed by atoms with E-state index in [9.17, 15) is 47.9 Å². The standard InChI is InChI=1S/C65H101N13O11/c1-37(2)33-46-56(81)73-48(35-41-19-13-12-14-20-41)62(87)77-31-17-23-50(77)58(83)75-52(39(5)6)60(85)70-45(22-16-30-67)55(80)72-47(34-38(3)4)57(82)74-49(36-42-25-27-43(28-26-42)68-64(89)65(9,10)11)63(88)78-32-18-24-51(78)59(84)76-53(40(7)8)61(86)69-44(21-15-29-66)54(79)71-46/h12-14,19-20,25-28,37-40,44-53H,15-18,21-24,29-36,66-67H2,1-11H3,(H,68,89)(H,69,86)(H,70,85)(H,71,79)(H,72,80)(H,73,81)(H,74,82)(H,75,83)(H,76,84)/t44-,45-,46-,47-,48-,49-,50-,51-,52-,53-/m0/s1. The third kappa shape index (κ3) is 21.3. The molecule has 24 heteroatoms. The van der Waals surface area contributed by atoms with Gasteiger partial charge in [-0.1, -0.05) is 119 Å². The molecule has 0 aromatic heterocycles. The van der Waals surface area contributed by atoms with Gasteiger partial charge in [-0.15, -0.1) is 0 Å². The molecule has 0 radical (unpaired) electrons. The second-order valence-electron chi connectivity index (χ2n) is 26.6. The van der Waals surface area contributed by atoms with Gasteiger partial charge < -0.3 is 69.1 Å². The Bertz CT molecular complexity index is 2770. The number of fused-ring (bicyclic) bond motifs is 2. The van der Waals surface area contributed by atoms with Crippen molar-refractivity contribution in [3.63, 3.8) is 0 Å². The predicted molar refractivity (Wildman–Crippen MR) is 338 cm³/mol. The summed E-state index contributed by atoms with van der Waals surface area (Å²) in [5.41, 5.74) is 13.0. The molecular formula is C65H101N13O11. The quantitative estimate of drug-likeness (QED) is 0.108. The topological polar surface area (TPSA) is 355 Å². The maximum atomic E-state index is 15.2. The van der Waals surface area contributed by atoms with Gasteiger partial charge >= 0.3 is 0 Å². The van der Waals surface area contributed by atoms with Gasteiger partial charge in [-0.3, -0.25) is 52.7 Å². The van der Waals surface area contributed by atoms with E-state index in [1.165, 1.54) is 9.80 Å². The van der Waals surface area contributed by atoms with E-state index in [0.717, 1.165) is 0 Å². The minimum atomic E-state index is -1.32. The van der Waals surface area contributed by atoms with E-state index in [1.807, 2.05) is 33.8 Å². The zero-order valence-corrected chi connectivity index (χ0v) is 54.1. The summed E-state index contributed by atoms with van der Waals surface area (Å²) in [7, 11) is 0. The Morgan fingerprint density at radius 2 is 0.843 bits per heavy atom. The molecule has 3 saturated heterocycles. The number of carbonyl (C=O) groups is 11. The molecule has 0 bridgehead atoms. The summed E-state index contributed by atoms with van der Waals surface area (Å²) in [5, 5.41) is 25.7. The molecule has 10 atom stereocenters. The molecule has 3 fully saturated rings. The first-order valence-corrected chi connectivity index (χ1v) is 31.9. The molecule has 2 aromatic carbocycles. The highest BCUT2D eigenvalue weighted by Gasteiger charge is 2.43. The van der Waals surface area contributed by atoms with Gasteiger partial charge in [0.2, 0.25) is 65.0 Å². The van der Waals surface area contributed by atoms with E-state index in [0.29, 0.717) is 29.7 Å². The number of amides is 11. The van der Waals surface area contributed by atoms with Crippen LogP contribution in [-0.4, -0.2) is 161 Å². The van der Waals surface area contributed by atoms with Crippen molar-refractivity contribution in [1.29, 1.82) is 0 Å². The monoisotopic (exact) mass is 1240 g/mol. The van der Waals surface area contributed by atoms with Gasteiger partial charge in [0.25, 0.3) is 0 Å². The van der Waals surface area contributed by atoms with Crippen molar-refractivity contribution in [3.8, 4) is 0 Å². The minimum Gasteiger partial charge on any atom is -0.343 e. The van der Waals surface area contributed by atoms with Crippen LogP contribution in [0.1, 0.15) is 151 Å². The van der Waals surface area contributed by atoms with Gasteiger partial charge in [0.05, 0.1) is 0 Å². The van der Waals surface area contributed by atoms with Crippen molar-refractivity contribution >= 4 is 70.7 Å². The van der Waals surface area contributed by atoms with Gasteiger partial charge in [-0.2, -0.15) is 0 Å². The highest BCUT2D eigenvalue weighted by atomic mass is 16.2. The molecule has 492 valence electrons. The van der Waals surface area contributed by atoms with E-state index in [2.05, 4.69) is 47.9 Å². The molecule has 13 N–H and O–H groups in total. The van der Waals surface area contributed by atoms with Crippen molar-refractivity contribution in [2.75, 3.05) is 31.5 Å². The zero-order valence-electron chi connectivity index (χ0n) is 54.1. The molecule has 0 spiro atoms. The van der Waals surface area contributed by atoms with Crippen LogP contribution in [0.5, 0.6) is 0 Å². The highest BCUT2D eigenvalue weighted by Crippen LogP contribution is 2.25. The Labute approximate surface area is 525 Å². The van der Waals surface area contributed by atoms with Gasteiger partial charge in [0, 0.05) is 37.0 Å². The lowest BCUT2D eigenvalue weighted by molar-refractivity contribution is -0.143. The molecule has 89 heavy (non-hydrogen) atoms. The average molecular weight is 1240 g/mol. The van der Waals surface area contributed by atoms with Crippen molar-refractivity contribution in [2.45, 2.75) is 214 Å². The van der Waals surface area contributed by atoms with E-state index in [-0.39, 0.29) is 108 Å². The van der Waals surface area contributed by atoms with Crippen molar-refractivity contribution in [1.82, 2.24) is 52.3 Å². The predicted octanol–water partition coefficient (Wildman–Crippen LogP) is 2.21. The zero-order chi connectivity index (χ0) is 65.9. The van der Waals surface area contributed by atoms with Crippen LogP contribution in [0.2, 0.25) is 0 Å². The molecule has 0 saturated carbocycles. The molecule has 0 aliphatic carbocycles. The van der Waals surface area contributed by atoms with Crippen molar-refractivity contribution in [3.05, 3.63) is 65.7 Å². The second-order valence-corrected chi connectivity index (χ2v) is 26.6. The van der Waals surface area contributed by atoms with E-state index < -0.39 is 137 Å².